The van der Waals surface area contributed by atoms with Gasteiger partial charge in [0.25, 0.3) is 0 Å². The number of terminal acetylenes is 1. The van der Waals surface area contributed by atoms with Crippen LogP contribution < -0.4 is 5.73 Å². The first kappa shape index (κ1) is 11.6. The van der Waals surface area contributed by atoms with E-state index in [-0.39, 0.29) is 0 Å². The molecule has 3 nitrogen and oxygen atoms in total. The van der Waals surface area contributed by atoms with Crippen molar-refractivity contribution in [3.05, 3.63) is 11.5 Å². The smallest absolute Gasteiger partial charge is 0.127 e. The molecule has 0 aliphatic heterocycles. The van der Waals surface area contributed by atoms with Gasteiger partial charge in [0, 0.05) is 5.92 Å². The Morgan fingerprint density at radius 1 is 1.53 bits per heavy atom. The minimum Gasteiger partial charge on any atom is -0.384 e. The standard InChI is InChI=1S/C12H19N3/c1-5-7-10-11(13)15(8-6-2)12(14-10)9(3)4/h2,9H,5,7-8,13H2,1,3-4H3. The fourth-order valence-corrected chi connectivity index (χ4v) is 1.65. The molecule has 0 atom stereocenters. The highest BCUT2D eigenvalue weighted by Gasteiger charge is 2.15. The van der Waals surface area contributed by atoms with Crippen LogP contribution in [0, 0.1) is 12.3 Å². The number of aryl methyl sites for hydroxylation is 1. The summed E-state index contributed by atoms with van der Waals surface area (Å²) in [4.78, 5) is 4.56. The number of imidazole rings is 1. The molecule has 1 aromatic rings. The first-order valence-corrected chi connectivity index (χ1v) is 5.40. The summed E-state index contributed by atoms with van der Waals surface area (Å²) in [6, 6.07) is 0. The molecule has 82 valence electrons. The summed E-state index contributed by atoms with van der Waals surface area (Å²) in [5.41, 5.74) is 7.00. The fourth-order valence-electron chi connectivity index (χ4n) is 1.65. The third-order valence-electron chi connectivity index (χ3n) is 2.37. The third kappa shape index (κ3) is 2.33. The normalized spacial score (nSPS) is 10.6. The van der Waals surface area contributed by atoms with Gasteiger partial charge in [-0.3, -0.25) is 0 Å². The van der Waals surface area contributed by atoms with Crippen LogP contribution in [0.25, 0.3) is 0 Å². The maximum Gasteiger partial charge on any atom is 0.127 e. The van der Waals surface area contributed by atoms with Crippen molar-refractivity contribution in [3.63, 3.8) is 0 Å². The number of rotatable bonds is 4. The Bertz CT molecular complexity index is 369. The lowest BCUT2D eigenvalue weighted by atomic mass is 10.2. The Morgan fingerprint density at radius 2 is 2.20 bits per heavy atom. The minimum absolute atomic E-state index is 0.353. The molecular weight excluding hydrogens is 186 g/mol. The van der Waals surface area contributed by atoms with E-state index in [1.54, 1.807) is 0 Å². The van der Waals surface area contributed by atoms with E-state index in [4.69, 9.17) is 12.2 Å². The summed E-state index contributed by atoms with van der Waals surface area (Å²) in [6.45, 7) is 6.83. The number of nitrogen functional groups attached to an aromatic ring is 1. The molecule has 2 N–H and O–H groups in total. The van der Waals surface area contributed by atoms with Crippen LogP contribution in [-0.2, 0) is 13.0 Å². The topological polar surface area (TPSA) is 43.8 Å². The Kier molecular flexibility index (Phi) is 3.79. The van der Waals surface area contributed by atoms with Crippen LogP contribution in [0.4, 0.5) is 5.82 Å². The summed E-state index contributed by atoms with van der Waals surface area (Å²) in [7, 11) is 0. The van der Waals surface area contributed by atoms with Gasteiger partial charge in [0.1, 0.15) is 11.6 Å². The number of aromatic nitrogens is 2. The highest BCUT2D eigenvalue weighted by molar-refractivity contribution is 5.39. The van der Waals surface area contributed by atoms with E-state index in [1.165, 1.54) is 0 Å². The molecule has 0 amide bonds. The lowest BCUT2D eigenvalue weighted by Gasteiger charge is -2.08. The van der Waals surface area contributed by atoms with Crippen molar-refractivity contribution in [1.29, 1.82) is 0 Å². The second-order valence-electron chi connectivity index (χ2n) is 4.00. The number of hydrogen-bond acceptors (Lipinski definition) is 2. The first-order chi connectivity index (χ1) is 7.11. The summed E-state index contributed by atoms with van der Waals surface area (Å²) < 4.78 is 1.94. The summed E-state index contributed by atoms with van der Waals surface area (Å²) in [5.74, 6) is 4.70. The van der Waals surface area contributed by atoms with Crippen molar-refractivity contribution in [2.45, 2.75) is 46.1 Å². The summed E-state index contributed by atoms with van der Waals surface area (Å²) in [6.07, 6.45) is 7.30. The van der Waals surface area contributed by atoms with Crippen LogP contribution in [0.3, 0.4) is 0 Å². The Balaban J connectivity index is 3.15. The maximum absolute atomic E-state index is 6.02. The number of hydrogen-bond donors (Lipinski definition) is 1. The molecule has 1 aromatic heterocycles. The van der Waals surface area contributed by atoms with Gasteiger partial charge in [0.05, 0.1) is 12.2 Å². The van der Waals surface area contributed by atoms with Gasteiger partial charge in [0.2, 0.25) is 0 Å². The van der Waals surface area contributed by atoms with Crippen molar-refractivity contribution >= 4 is 5.82 Å². The molecule has 0 radical (unpaired) electrons. The van der Waals surface area contributed by atoms with E-state index in [2.05, 4.69) is 31.7 Å². The molecule has 0 saturated heterocycles. The molecule has 0 spiro atoms. The van der Waals surface area contributed by atoms with Gasteiger partial charge in [-0.2, -0.15) is 0 Å². The van der Waals surface area contributed by atoms with Crippen molar-refractivity contribution in [3.8, 4) is 12.3 Å². The van der Waals surface area contributed by atoms with Gasteiger partial charge >= 0.3 is 0 Å². The monoisotopic (exact) mass is 205 g/mol. The largest absolute Gasteiger partial charge is 0.384 e. The predicted molar refractivity (Wildman–Crippen MR) is 63.6 cm³/mol. The zero-order valence-corrected chi connectivity index (χ0v) is 9.75. The van der Waals surface area contributed by atoms with Crippen LogP contribution >= 0.6 is 0 Å². The van der Waals surface area contributed by atoms with Gasteiger partial charge in [-0.05, 0) is 6.42 Å². The molecule has 0 bridgehead atoms. The van der Waals surface area contributed by atoms with Gasteiger partial charge < -0.3 is 10.3 Å². The Labute approximate surface area is 91.7 Å². The molecular formula is C12H19N3. The quantitative estimate of drug-likeness (QED) is 0.766. The summed E-state index contributed by atoms with van der Waals surface area (Å²) >= 11 is 0. The lowest BCUT2D eigenvalue weighted by molar-refractivity contribution is 0.690. The highest BCUT2D eigenvalue weighted by atomic mass is 15.1. The van der Waals surface area contributed by atoms with Crippen LogP contribution in [0.2, 0.25) is 0 Å². The van der Waals surface area contributed by atoms with Crippen LogP contribution in [0.5, 0.6) is 0 Å². The SMILES string of the molecule is C#CCn1c(C(C)C)nc(CCC)c1N. The van der Waals surface area contributed by atoms with Crippen molar-refractivity contribution in [2.75, 3.05) is 5.73 Å². The molecule has 0 aliphatic carbocycles. The van der Waals surface area contributed by atoms with Crippen LogP contribution in [0.1, 0.15) is 44.6 Å². The van der Waals surface area contributed by atoms with E-state index in [0.29, 0.717) is 12.5 Å². The number of anilines is 1. The summed E-state index contributed by atoms with van der Waals surface area (Å²) in [5, 5.41) is 0. The molecule has 3 heteroatoms. The maximum atomic E-state index is 6.02. The van der Waals surface area contributed by atoms with E-state index < -0.39 is 0 Å². The third-order valence-corrected chi connectivity index (χ3v) is 2.37. The lowest BCUT2D eigenvalue weighted by Crippen LogP contribution is -2.07. The molecule has 15 heavy (non-hydrogen) atoms. The minimum atomic E-state index is 0.353. The van der Waals surface area contributed by atoms with E-state index in [0.717, 1.165) is 30.2 Å². The Morgan fingerprint density at radius 3 is 2.67 bits per heavy atom. The van der Waals surface area contributed by atoms with E-state index in [1.807, 2.05) is 4.57 Å². The molecule has 0 saturated carbocycles. The predicted octanol–water partition coefficient (Wildman–Crippen LogP) is 2.17. The first-order valence-electron chi connectivity index (χ1n) is 5.40. The zero-order chi connectivity index (χ0) is 11.4. The second kappa shape index (κ2) is 4.88. The van der Waals surface area contributed by atoms with Crippen molar-refractivity contribution in [1.82, 2.24) is 9.55 Å². The average molecular weight is 205 g/mol. The van der Waals surface area contributed by atoms with Crippen LogP contribution in [0.15, 0.2) is 0 Å². The molecule has 0 unspecified atom stereocenters. The zero-order valence-electron chi connectivity index (χ0n) is 9.75. The molecule has 1 heterocycles. The number of nitrogens with two attached hydrogens (primary N) is 1. The number of nitrogens with zero attached hydrogens (tertiary/aromatic N) is 2. The van der Waals surface area contributed by atoms with Crippen molar-refractivity contribution < 1.29 is 0 Å². The van der Waals surface area contributed by atoms with E-state index >= 15 is 0 Å². The van der Waals surface area contributed by atoms with Gasteiger partial charge in [-0.25, -0.2) is 4.98 Å². The Hall–Kier alpha value is -1.43. The van der Waals surface area contributed by atoms with Gasteiger partial charge in [0.15, 0.2) is 0 Å². The average Bonchev–Trinajstić information content (AvgIpc) is 2.48. The fraction of sp³-hybridized carbons (Fsp3) is 0.583. The molecule has 0 fully saturated rings. The molecule has 0 aliphatic rings. The van der Waals surface area contributed by atoms with Crippen molar-refractivity contribution in [2.24, 2.45) is 0 Å². The highest BCUT2D eigenvalue weighted by Crippen LogP contribution is 2.21. The van der Waals surface area contributed by atoms with Crippen LogP contribution in [-0.4, -0.2) is 9.55 Å². The molecule has 1 rings (SSSR count). The second-order valence-corrected chi connectivity index (χ2v) is 4.00. The van der Waals surface area contributed by atoms with E-state index in [9.17, 15) is 0 Å². The van der Waals surface area contributed by atoms with Gasteiger partial charge in [-0.1, -0.05) is 33.1 Å². The molecule has 0 aromatic carbocycles. The van der Waals surface area contributed by atoms with Gasteiger partial charge in [-0.15, -0.1) is 6.42 Å².